The molecule has 0 N–H and O–H groups in total. The van der Waals surface area contributed by atoms with Crippen LogP contribution in [0.15, 0.2) is 0 Å². The van der Waals surface area contributed by atoms with Gasteiger partial charge >= 0.3 is 0 Å². The fraction of sp³-hybridized carbons (Fsp3) is 1.00. The van der Waals surface area contributed by atoms with Crippen LogP contribution in [0.4, 0.5) is 0 Å². The molecule has 0 spiro atoms. The van der Waals surface area contributed by atoms with Crippen LogP contribution in [0, 0.1) is 23.7 Å². The molecule has 1 nitrogen and oxygen atoms in total. The molecule has 0 aromatic heterocycles. The summed E-state index contributed by atoms with van der Waals surface area (Å²) < 4.78 is 0. The summed E-state index contributed by atoms with van der Waals surface area (Å²) in [6, 6.07) is 0. The van der Waals surface area contributed by atoms with Crippen LogP contribution in [-0.4, -0.2) is 23.5 Å². The third-order valence-corrected chi connectivity index (χ3v) is 6.16. The van der Waals surface area contributed by atoms with E-state index in [2.05, 4.69) is 39.5 Å². The maximum atomic E-state index is 2.73. The van der Waals surface area contributed by atoms with Gasteiger partial charge in [-0.1, -0.05) is 26.7 Å². The van der Waals surface area contributed by atoms with Crippen LogP contribution >= 0.6 is 0 Å². The summed E-state index contributed by atoms with van der Waals surface area (Å²) in [6.45, 7) is 14.8. The molecule has 1 heteroatoms. The second-order valence-corrected chi connectivity index (χ2v) is 8.74. The Morgan fingerprint density at radius 3 is 1.90 bits per heavy atom. The number of hydrogen-bond acceptors (Lipinski definition) is 1. The standard InChI is InChI=1S/C19H37N/c1-15-13-16(2)18-10-8-12-20(19(3,4)5)11-7-6-9-17(15)14-18/h15-18H,6-14H2,1-5H3. The van der Waals surface area contributed by atoms with E-state index in [0.29, 0.717) is 5.54 Å². The highest BCUT2D eigenvalue weighted by atomic mass is 15.2. The van der Waals surface area contributed by atoms with Gasteiger partial charge in [-0.25, -0.2) is 0 Å². The molecule has 1 heterocycles. The van der Waals surface area contributed by atoms with E-state index in [1.54, 1.807) is 0 Å². The maximum absolute atomic E-state index is 2.73. The summed E-state index contributed by atoms with van der Waals surface area (Å²) in [5, 5.41) is 0. The van der Waals surface area contributed by atoms with Crippen molar-refractivity contribution < 1.29 is 0 Å². The van der Waals surface area contributed by atoms with Crippen LogP contribution in [0.3, 0.4) is 0 Å². The van der Waals surface area contributed by atoms with E-state index in [-0.39, 0.29) is 0 Å². The lowest BCUT2D eigenvalue weighted by Gasteiger charge is -2.39. The smallest absolute Gasteiger partial charge is 0.0125 e. The minimum absolute atomic E-state index is 0.349. The van der Waals surface area contributed by atoms with Crippen molar-refractivity contribution in [1.82, 2.24) is 4.90 Å². The average molecular weight is 280 g/mol. The molecule has 0 radical (unpaired) electrons. The van der Waals surface area contributed by atoms with Crippen molar-refractivity contribution in [2.75, 3.05) is 13.1 Å². The van der Waals surface area contributed by atoms with Gasteiger partial charge in [-0.15, -0.1) is 0 Å². The van der Waals surface area contributed by atoms with Gasteiger partial charge in [0.15, 0.2) is 0 Å². The van der Waals surface area contributed by atoms with E-state index in [0.717, 1.165) is 23.7 Å². The predicted octanol–water partition coefficient (Wildman–Crippen LogP) is 5.35. The first-order valence-corrected chi connectivity index (χ1v) is 9.13. The first kappa shape index (κ1) is 16.3. The Balaban J connectivity index is 1.99. The average Bonchev–Trinajstić information content (AvgIpc) is 2.38. The highest BCUT2D eigenvalue weighted by Gasteiger charge is 2.32. The minimum atomic E-state index is 0.349. The van der Waals surface area contributed by atoms with Gasteiger partial charge in [0.1, 0.15) is 0 Å². The second kappa shape index (κ2) is 6.81. The van der Waals surface area contributed by atoms with Gasteiger partial charge < -0.3 is 0 Å². The van der Waals surface area contributed by atoms with Gasteiger partial charge in [0.25, 0.3) is 0 Å². The normalized spacial score (nSPS) is 38.2. The zero-order valence-corrected chi connectivity index (χ0v) is 14.6. The number of rotatable bonds is 0. The molecule has 4 unspecified atom stereocenters. The maximum Gasteiger partial charge on any atom is 0.0125 e. The number of hydrogen-bond donors (Lipinski definition) is 0. The molecule has 1 aliphatic heterocycles. The fourth-order valence-corrected chi connectivity index (χ4v) is 4.67. The molecule has 1 aliphatic carbocycles. The van der Waals surface area contributed by atoms with Crippen molar-refractivity contribution in [3.05, 3.63) is 0 Å². The lowest BCUT2D eigenvalue weighted by Crippen LogP contribution is -2.42. The van der Waals surface area contributed by atoms with Crippen LogP contribution in [-0.2, 0) is 0 Å². The first-order valence-electron chi connectivity index (χ1n) is 9.13. The van der Waals surface area contributed by atoms with E-state index >= 15 is 0 Å². The van der Waals surface area contributed by atoms with Crippen LogP contribution in [0.2, 0.25) is 0 Å². The van der Waals surface area contributed by atoms with Gasteiger partial charge in [-0.2, -0.15) is 0 Å². The van der Waals surface area contributed by atoms with E-state index < -0.39 is 0 Å². The number of nitrogens with zero attached hydrogens (tertiary/aromatic N) is 1. The summed E-state index contributed by atoms with van der Waals surface area (Å²) >= 11 is 0. The Bertz CT molecular complexity index is 291. The molecule has 4 atom stereocenters. The Morgan fingerprint density at radius 2 is 1.30 bits per heavy atom. The quantitative estimate of drug-likeness (QED) is 0.578. The first-order chi connectivity index (χ1) is 9.38. The van der Waals surface area contributed by atoms with Crippen LogP contribution in [0.25, 0.3) is 0 Å². The molecule has 2 aliphatic rings. The molecule has 2 bridgehead atoms. The van der Waals surface area contributed by atoms with Gasteiger partial charge in [0.2, 0.25) is 0 Å². The zero-order chi connectivity index (χ0) is 14.8. The summed E-state index contributed by atoms with van der Waals surface area (Å²) in [5.41, 5.74) is 0.349. The molecule has 0 aromatic rings. The van der Waals surface area contributed by atoms with Gasteiger partial charge in [0.05, 0.1) is 0 Å². The summed E-state index contributed by atoms with van der Waals surface area (Å²) in [4.78, 5) is 2.73. The second-order valence-electron chi connectivity index (χ2n) is 8.74. The van der Waals surface area contributed by atoms with Crippen molar-refractivity contribution in [2.45, 2.75) is 85.1 Å². The SMILES string of the molecule is CC1CC(C)C2CCCN(C(C)(C)C)CCCCC1C2. The molecular formula is C19H37N. The Labute approximate surface area is 127 Å². The van der Waals surface area contributed by atoms with E-state index in [4.69, 9.17) is 0 Å². The van der Waals surface area contributed by atoms with E-state index in [1.165, 1.54) is 58.0 Å². The third kappa shape index (κ3) is 4.23. The van der Waals surface area contributed by atoms with Gasteiger partial charge in [0, 0.05) is 5.54 Å². The van der Waals surface area contributed by atoms with Crippen molar-refractivity contribution >= 4 is 0 Å². The Kier molecular flexibility index (Phi) is 5.56. The van der Waals surface area contributed by atoms with E-state index in [1.807, 2.05) is 0 Å². The Hall–Kier alpha value is -0.0400. The molecule has 2 rings (SSSR count). The molecular weight excluding hydrogens is 242 g/mol. The fourth-order valence-electron chi connectivity index (χ4n) is 4.67. The lowest BCUT2D eigenvalue weighted by molar-refractivity contribution is 0.111. The van der Waals surface area contributed by atoms with Crippen molar-refractivity contribution in [3.63, 3.8) is 0 Å². The third-order valence-electron chi connectivity index (χ3n) is 6.16. The predicted molar refractivity (Wildman–Crippen MR) is 89.0 cm³/mol. The number of fused-ring (bicyclic) bond motifs is 2. The largest absolute Gasteiger partial charge is 0.298 e. The van der Waals surface area contributed by atoms with Crippen LogP contribution < -0.4 is 0 Å². The monoisotopic (exact) mass is 279 g/mol. The van der Waals surface area contributed by atoms with Crippen LogP contribution in [0.1, 0.15) is 79.6 Å². The summed E-state index contributed by atoms with van der Waals surface area (Å²) in [7, 11) is 0. The summed E-state index contributed by atoms with van der Waals surface area (Å²) in [6.07, 6.45) is 10.2. The Morgan fingerprint density at radius 1 is 0.750 bits per heavy atom. The zero-order valence-electron chi connectivity index (χ0n) is 14.6. The minimum Gasteiger partial charge on any atom is -0.298 e. The highest BCUT2D eigenvalue weighted by molar-refractivity contribution is 4.84. The topological polar surface area (TPSA) is 3.24 Å². The van der Waals surface area contributed by atoms with E-state index in [9.17, 15) is 0 Å². The van der Waals surface area contributed by atoms with Crippen molar-refractivity contribution in [3.8, 4) is 0 Å². The molecule has 0 aromatic carbocycles. The molecule has 20 heavy (non-hydrogen) atoms. The molecule has 1 saturated carbocycles. The van der Waals surface area contributed by atoms with Crippen molar-refractivity contribution in [2.24, 2.45) is 23.7 Å². The van der Waals surface area contributed by atoms with Crippen LogP contribution in [0.5, 0.6) is 0 Å². The van der Waals surface area contributed by atoms with Gasteiger partial charge in [-0.05, 0) is 89.6 Å². The summed E-state index contributed by atoms with van der Waals surface area (Å²) in [5.74, 6) is 3.97. The highest BCUT2D eigenvalue weighted by Crippen LogP contribution is 2.42. The van der Waals surface area contributed by atoms with Gasteiger partial charge in [-0.3, -0.25) is 4.90 Å². The van der Waals surface area contributed by atoms with Crippen molar-refractivity contribution in [1.29, 1.82) is 0 Å². The molecule has 118 valence electrons. The molecule has 2 fully saturated rings. The lowest BCUT2D eigenvalue weighted by atomic mass is 9.67. The molecule has 0 amide bonds. The molecule has 1 saturated heterocycles.